The molecule has 6 heteroatoms. The molecule has 0 aromatic carbocycles. The van der Waals surface area contributed by atoms with E-state index in [0.29, 0.717) is 19.3 Å². The lowest BCUT2D eigenvalue weighted by molar-refractivity contribution is -0.166. The van der Waals surface area contributed by atoms with Gasteiger partial charge in [0.2, 0.25) is 0 Å². The van der Waals surface area contributed by atoms with Crippen LogP contribution in [-0.4, -0.2) is 37.2 Å². The Balaban J connectivity index is 4.43. The highest BCUT2D eigenvalue weighted by atomic mass is 16.6. The van der Waals surface area contributed by atoms with E-state index in [9.17, 15) is 14.4 Å². The molecule has 0 saturated heterocycles. The number of hydrogen-bond donors (Lipinski definition) is 0. The third kappa shape index (κ3) is 54.9. The van der Waals surface area contributed by atoms with E-state index in [0.717, 1.165) is 109 Å². The Bertz CT molecular complexity index is 1420. The largest absolute Gasteiger partial charge is 0.462 e. The fourth-order valence-corrected chi connectivity index (χ4v) is 7.49. The number of hydrogen-bond acceptors (Lipinski definition) is 6. The standard InChI is InChI=1S/C63H104O6/c1-4-7-10-13-16-19-22-25-27-28-29-30-31-32-33-34-36-38-41-44-47-50-53-56-62(65)68-59-60(58-67-61(64)55-52-49-46-43-40-37-24-21-18-15-12-9-6-3)69-63(66)57-54-51-48-45-42-39-35-26-23-20-17-14-11-8-5-2/h9,12,17-18,20-22,25-26,28-29,31-32,35,37,40,46,49,60H,4-8,10-11,13-16,19,23-24,27,30,33-34,36,38-39,41-45,47-48,50-59H2,1-3H3/b12-9-,20-17-,21-18-,25-22-,29-28-,32-31-,35-26-,40-37-,49-46-. The lowest BCUT2D eigenvalue weighted by Gasteiger charge is -2.18. The molecule has 0 aliphatic rings. The predicted octanol–water partition coefficient (Wildman–Crippen LogP) is 19.1. The second kappa shape index (κ2) is 56.7. The molecule has 0 fully saturated rings. The minimum absolute atomic E-state index is 0.111. The maximum atomic E-state index is 12.8. The second-order valence-corrected chi connectivity index (χ2v) is 18.5. The fourth-order valence-electron chi connectivity index (χ4n) is 7.49. The number of carbonyl (C=O) groups excluding carboxylic acids is 3. The van der Waals surface area contributed by atoms with Crippen molar-refractivity contribution in [3.05, 3.63) is 109 Å². The van der Waals surface area contributed by atoms with Crippen molar-refractivity contribution in [1.29, 1.82) is 0 Å². The number of ether oxygens (including phenoxy) is 3. The maximum Gasteiger partial charge on any atom is 0.306 e. The average molecular weight is 958 g/mol. The van der Waals surface area contributed by atoms with Crippen molar-refractivity contribution < 1.29 is 28.6 Å². The highest BCUT2D eigenvalue weighted by molar-refractivity contribution is 5.71. The summed E-state index contributed by atoms with van der Waals surface area (Å²) in [5.74, 6) is -1.02. The summed E-state index contributed by atoms with van der Waals surface area (Å²) in [6, 6.07) is 0. The molecule has 0 spiro atoms. The first-order valence-electron chi connectivity index (χ1n) is 28.4. The average Bonchev–Trinajstić information content (AvgIpc) is 3.35. The molecule has 0 rings (SSSR count). The van der Waals surface area contributed by atoms with Gasteiger partial charge in [0.15, 0.2) is 6.10 Å². The molecule has 0 radical (unpaired) electrons. The van der Waals surface area contributed by atoms with Crippen LogP contribution in [0, 0.1) is 0 Å². The van der Waals surface area contributed by atoms with Crippen molar-refractivity contribution >= 4 is 17.9 Å². The van der Waals surface area contributed by atoms with Gasteiger partial charge in [0.05, 0.1) is 0 Å². The van der Waals surface area contributed by atoms with Crippen molar-refractivity contribution in [2.75, 3.05) is 13.2 Å². The molecule has 0 aliphatic carbocycles. The molecular weight excluding hydrogens is 853 g/mol. The zero-order valence-electron chi connectivity index (χ0n) is 44.8. The minimum Gasteiger partial charge on any atom is -0.462 e. The van der Waals surface area contributed by atoms with Gasteiger partial charge in [0.25, 0.3) is 0 Å². The summed E-state index contributed by atoms with van der Waals surface area (Å²) in [7, 11) is 0. The van der Waals surface area contributed by atoms with Gasteiger partial charge in [-0.1, -0.05) is 226 Å². The highest BCUT2D eigenvalue weighted by Gasteiger charge is 2.19. The lowest BCUT2D eigenvalue weighted by atomic mass is 10.1. The first-order valence-corrected chi connectivity index (χ1v) is 28.4. The minimum atomic E-state index is -0.819. The smallest absolute Gasteiger partial charge is 0.306 e. The van der Waals surface area contributed by atoms with Gasteiger partial charge in [-0.2, -0.15) is 0 Å². The zero-order valence-corrected chi connectivity index (χ0v) is 44.8. The van der Waals surface area contributed by atoms with Crippen LogP contribution in [0.5, 0.6) is 0 Å². The van der Waals surface area contributed by atoms with Crippen LogP contribution in [-0.2, 0) is 28.6 Å². The van der Waals surface area contributed by atoms with Crippen molar-refractivity contribution in [2.24, 2.45) is 0 Å². The molecule has 0 saturated carbocycles. The number of allylic oxidation sites excluding steroid dienone is 18. The van der Waals surface area contributed by atoms with Crippen LogP contribution < -0.4 is 0 Å². The lowest BCUT2D eigenvalue weighted by Crippen LogP contribution is -2.30. The summed E-state index contributed by atoms with van der Waals surface area (Å²) in [6.45, 7) is 6.40. The van der Waals surface area contributed by atoms with E-state index in [1.165, 1.54) is 96.3 Å². The van der Waals surface area contributed by atoms with Crippen LogP contribution in [0.3, 0.4) is 0 Å². The normalized spacial score (nSPS) is 12.9. The molecule has 392 valence electrons. The van der Waals surface area contributed by atoms with Gasteiger partial charge in [-0.25, -0.2) is 0 Å². The highest BCUT2D eigenvalue weighted by Crippen LogP contribution is 2.14. The molecule has 0 bridgehead atoms. The number of carbonyl (C=O) groups is 3. The van der Waals surface area contributed by atoms with E-state index in [2.05, 4.69) is 118 Å². The SMILES string of the molecule is CC/C=C\C/C=C\C/C=C\C/C=C\CCC(=O)OCC(COC(=O)CCCCCCCCCC/C=C\C/C=C\C/C=C\CCCCCCC)OC(=O)CCCCCCC/C=C\C/C=C\CCCCC. The Morgan fingerprint density at radius 3 is 1.00 bits per heavy atom. The van der Waals surface area contributed by atoms with Crippen molar-refractivity contribution in [3.8, 4) is 0 Å². The Morgan fingerprint density at radius 1 is 0.304 bits per heavy atom. The van der Waals surface area contributed by atoms with Crippen LogP contribution in [0.15, 0.2) is 109 Å². The summed E-state index contributed by atoms with van der Waals surface area (Å²) in [5, 5.41) is 0. The zero-order chi connectivity index (χ0) is 50.0. The van der Waals surface area contributed by atoms with Gasteiger partial charge in [-0.05, 0) is 116 Å². The summed E-state index contributed by atoms with van der Waals surface area (Å²) in [6.07, 6.45) is 76.6. The van der Waals surface area contributed by atoms with Crippen LogP contribution >= 0.6 is 0 Å². The molecule has 6 nitrogen and oxygen atoms in total. The summed E-state index contributed by atoms with van der Waals surface area (Å²) >= 11 is 0. The summed E-state index contributed by atoms with van der Waals surface area (Å²) in [4.78, 5) is 38.1. The van der Waals surface area contributed by atoms with Gasteiger partial charge in [-0.3, -0.25) is 14.4 Å². The predicted molar refractivity (Wildman–Crippen MR) is 297 cm³/mol. The quantitative estimate of drug-likeness (QED) is 0.0262. The molecule has 0 aliphatic heterocycles. The van der Waals surface area contributed by atoms with Gasteiger partial charge in [0, 0.05) is 19.3 Å². The van der Waals surface area contributed by atoms with E-state index < -0.39 is 6.10 Å². The van der Waals surface area contributed by atoms with E-state index in [4.69, 9.17) is 14.2 Å². The third-order valence-corrected chi connectivity index (χ3v) is 11.7. The first-order chi connectivity index (χ1) is 34.0. The molecule has 1 atom stereocenters. The number of unbranched alkanes of at least 4 members (excludes halogenated alkanes) is 21. The van der Waals surface area contributed by atoms with Crippen LogP contribution in [0.1, 0.15) is 252 Å². The van der Waals surface area contributed by atoms with E-state index >= 15 is 0 Å². The molecule has 0 aromatic rings. The fraction of sp³-hybridized carbons (Fsp3) is 0.667. The van der Waals surface area contributed by atoms with Gasteiger partial charge in [0.1, 0.15) is 13.2 Å². The Labute approximate surface area is 425 Å². The first kappa shape index (κ1) is 65.1. The van der Waals surface area contributed by atoms with Crippen LogP contribution in [0.2, 0.25) is 0 Å². The molecule has 0 aromatic heterocycles. The third-order valence-electron chi connectivity index (χ3n) is 11.7. The maximum absolute atomic E-state index is 12.8. The molecule has 0 amide bonds. The monoisotopic (exact) mass is 957 g/mol. The van der Waals surface area contributed by atoms with E-state index in [-0.39, 0.29) is 37.5 Å². The topological polar surface area (TPSA) is 78.9 Å². The van der Waals surface area contributed by atoms with Crippen LogP contribution in [0.25, 0.3) is 0 Å². The van der Waals surface area contributed by atoms with Gasteiger partial charge in [-0.15, -0.1) is 0 Å². The van der Waals surface area contributed by atoms with Gasteiger partial charge < -0.3 is 14.2 Å². The van der Waals surface area contributed by atoms with E-state index in [1.54, 1.807) is 0 Å². The molecule has 0 heterocycles. The Hall–Kier alpha value is -3.93. The molecular formula is C63H104O6. The van der Waals surface area contributed by atoms with Crippen molar-refractivity contribution in [2.45, 2.75) is 258 Å². The molecule has 69 heavy (non-hydrogen) atoms. The van der Waals surface area contributed by atoms with Crippen LogP contribution in [0.4, 0.5) is 0 Å². The Kier molecular flexibility index (Phi) is 53.4. The van der Waals surface area contributed by atoms with Gasteiger partial charge >= 0.3 is 17.9 Å². The Morgan fingerprint density at radius 2 is 0.594 bits per heavy atom. The summed E-state index contributed by atoms with van der Waals surface area (Å²) in [5.41, 5.74) is 0. The second-order valence-electron chi connectivity index (χ2n) is 18.5. The van der Waals surface area contributed by atoms with Crippen molar-refractivity contribution in [1.82, 2.24) is 0 Å². The van der Waals surface area contributed by atoms with Crippen molar-refractivity contribution in [3.63, 3.8) is 0 Å². The summed E-state index contributed by atoms with van der Waals surface area (Å²) < 4.78 is 16.8. The number of esters is 3. The molecule has 0 N–H and O–H groups in total. The number of rotatable bonds is 50. The van der Waals surface area contributed by atoms with E-state index in [1.807, 2.05) is 12.2 Å². The molecule has 1 unspecified atom stereocenters.